The van der Waals surface area contributed by atoms with Gasteiger partial charge in [-0.05, 0) is 31.6 Å². The Kier molecular flexibility index (Phi) is 4.89. The van der Waals surface area contributed by atoms with Crippen molar-refractivity contribution >= 4 is 21.8 Å². The summed E-state index contributed by atoms with van der Waals surface area (Å²) in [5.41, 5.74) is 0.394. The highest BCUT2D eigenvalue weighted by Gasteiger charge is 2.41. The predicted octanol–water partition coefficient (Wildman–Crippen LogP) is 1.70. The standard InChI is InChI=1S/C10H18BrNO2/c1-2-14-7-9(13)12-8-10(3-4-10)5-6-11/h2-8H2,1H3,(H,12,13). The van der Waals surface area contributed by atoms with Gasteiger partial charge in [0.25, 0.3) is 0 Å². The minimum Gasteiger partial charge on any atom is -0.372 e. The molecule has 0 heterocycles. The fraction of sp³-hybridized carbons (Fsp3) is 0.900. The monoisotopic (exact) mass is 263 g/mol. The summed E-state index contributed by atoms with van der Waals surface area (Å²) in [5.74, 6) is 0.00713. The molecule has 0 atom stereocenters. The normalized spacial score (nSPS) is 17.9. The fourth-order valence-corrected chi connectivity index (χ4v) is 2.27. The minimum absolute atomic E-state index is 0.00713. The molecule has 0 aliphatic heterocycles. The Labute approximate surface area is 93.7 Å². The molecule has 1 amide bonds. The number of nitrogens with one attached hydrogen (secondary N) is 1. The van der Waals surface area contributed by atoms with Crippen molar-refractivity contribution in [3.8, 4) is 0 Å². The van der Waals surface area contributed by atoms with E-state index in [1.807, 2.05) is 6.92 Å². The summed E-state index contributed by atoms with van der Waals surface area (Å²) in [6.45, 7) is 3.49. The first kappa shape index (κ1) is 12.0. The predicted molar refractivity (Wildman–Crippen MR) is 59.6 cm³/mol. The molecule has 0 spiro atoms. The molecule has 82 valence electrons. The van der Waals surface area contributed by atoms with Crippen LogP contribution in [0.1, 0.15) is 26.2 Å². The number of carbonyl (C=O) groups excluding carboxylic acids is 1. The maximum Gasteiger partial charge on any atom is 0.246 e. The first-order valence-corrected chi connectivity index (χ1v) is 6.25. The topological polar surface area (TPSA) is 38.3 Å². The number of hydrogen-bond donors (Lipinski definition) is 1. The third-order valence-electron chi connectivity index (χ3n) is 2.68. The van der Waals surface area contributed by atoms with E-state index in [1.54, 1.807) is 0 Å². The summed E-state index contributed by atoms with van der Waals surface area (Å²) in [6.07, 6.45) is 3.64. The Morgan fingerprint density at radius 1 is 1.57 bits per heavy atom. The fourth-order valence-electron chi connectivity index (χ4n) is 1.42. The van der Waals surface area contributed by atoms with Crippen LogP contribution in [0.2, 0.25) is 0 Å². The molecule has 0 radical (unpaired) electrons. The van der Waals surface area contributed by atoms with Gasteiger partial charge in [-0.1, -0.05) is 15.9 Å². The summed E-state index contributed by atoms with van der Waals surface area (Å²) >= 11 is 3.44. The first-order chi connectivity index (χ1) is 6.72. The number of hydrogen-bond acceptors (Lipinski definition) is 2. The number of rotatable bonds is 7. The molecule has 1 aliphatic rings. The molecule has 1 fully saturated rings. The number of alkyl halides is 1. The first-order valence-electron chi connectivity index (χ1n) is 5.13. The molecule has 0 aromatic rings. The molecule has 0 aromatic heterocycles. The molecule has 0 aromatic carbocycles. The zero-order chi connectivity index (χ0) is 10.4. The van der Waals surface area contributed by atoms with Crippen molar-refractivity contribution in [2.45, 2.75) is 26.2 Å². The van der Waals surface area contributed by atoms with E-state index >= 15 is 0 Å². The Morgan fingerprint density at radius 2 is 2.29 bits per heavy atom. The third kappa shape index (κ3) is 3.96. The SMILES string of the molecule is CCOCC(=O)NCC1(CCBr)CC1. The second-order valence-electron chi connectivity index (χ2n) is 3.85. The Morgan fingerprint density at radius 3 is 2.79 bits per heavy atom. The zero-order valence-electron chi connectivity index (χ0n) is 8.64. The number of halogens is 1. The molecule has 1 aliphatic carbocycles. The van der Waals surface area contributed by atoms with Crippen LogP contribution in [0.15, 0.2) is 0 Å². The van der Waals surface area contributed by atoms with Crippen LogP contribution in [0.3, 0.4) is 0 Å². The van der Waals surface area contributed by atoms with E-state index < -0.39 is 0 Å². The lowest BCUT2D eigenvalue weighted by atomic mass is 10.0. The van der Waals surface area contributed by atoms with Gasteiger partial charge in [-0.15, -0.1) is 0 Å². The number of amides is 1. The molecule has 1 rings (SSSR count). The maximum atomic E-state index is 11.2. The molecule has 3 nitrogen and oxygen atoms in total. The van der Waals surface area contributed by atoms with E-state index in [0.717, 1.165) is 18.3 Å². The van der Waals surface area contributed by atoms with E-state index in [4.69, 9.17) is 4.74 Å². The Balaban J connectivity index is 2.10. The lowest BCUT2D eigenvalue weighted by molar-refractivity contribution is -0.125. The van der Waals surface area contributed by atoms with Crippen molar-refractivity contribution in [2.24, 2.45) is 5.41 Å². The highest BCUT2D eigenvalue weighted by Crippen LogP contribution is 2.48. The lowest BCUT2D eigenvalue weighted by Gasteiger charge is -2.14. The molecule has 1 N–H and O–H groups in total. The molecule has 0 unspecified atom stereocenters. The van der Waals surface area contributed by atoms with Crippen molar-refractivity contribution in [2.75, 3.05) is 25.1 Å². The van der Waals surface area contributed by atoms with Crippen LogP contribution >= 0.6 is 15.9 Å². The van der Waals surface area contributed by atoms with Crippen molar-refractivity contribution in [3.63, 3.8) is 0 Å². The van der Waals surface area contributed by atoms with Gasteiger partial charge in [0, 0.05) is 18.5 Å². The third-order valence-corrected chi connectivity index (χ3v) is 3.08. The second-order valence-corrected chi connectivity index (χ2v) is 4.65. The van der Waals surface area contributed by atoms with Crippen LogP contribution in [0, 0.1) is 5.41 Å². The highest BCUT2D eigenvalue weighted by atomic mass is 79.9. The quantitative estimate of drug-likeness (QED) is 0.711. The summed E-state index contributed by atoms with van der Waals surface area (Å²) < 4.78 is 5.02. The van der Waals surface area contributed by atoms with Crippen LogP contribution in [0.5, 0.6) is 0 Å². The average Bonchev–Trinajstić information content (AvgIpc) is 2.93. The van der Waals surface area contributed by atoms with E-state index in [2.05, 4.69) is 21.2 Å². The zero-order valence-corrected chi connectivity index (χ0v) is 10.2. The summed E-state index contributed by atoms with van der Waals surface area (Å²) in [4.78, 5) is 11.2. The highest BCUT2D eigenvalue weighted by molar-refractivity contribution is 9.09. The van der Waals surface area contributed by atoms with Crippen molar-refractivity contribution in [1.82, 2.24) is 5.32 Å². The van der Waals surface area contributed by atoms with Gasteiger partial charge in [0.05, 0.1) is 0 Å². The summed E-state index contributed by atoms with van der Waals surface area (Å²) in [7, 11) is 0. The lowest BCUT2D eigenvalue weighted by Crippen LogP contribution is -2.33. The van der Waals surface area contributed by atoms with Gasteiger partial charge in [0.1, 0.15) is 6.61 Å². The molecule has 0 saturated heterocycles. The summed E-state index contributed by atoms with van der Waals surface area (Å²) in [5, 5.41) is 3.94. The smallest absolute Gasteiger partial charge is 0.246 e. The van der Waals surface area contributed by atoms with E-state index in [9.17, 15) is 4.79 Å². The van der Waals surface area contributed by atoms with Crippen LogP contribution in [-0.2, 0) is 9.53 Å². The average molecular weight is 264 g/mol. The van der Waals surface area contributed by atoms with Gasteiger partial charge in [-0.25, -0.2) is 0 Å². The van der Waals surface area contributed by atoms with Gasteiger partial charge in [0.15, 0.2) is 0 Å². The maximum absolute atomic E-state index is 11.2. The largest absolute Gasteiger partial charge is 0.372 e. The Bertz CT molecular complexity index is 193. The minimum atomic E-state index is 0.00713. The van der Waals surface area contributed by atoms with Crippen molar-refractivity contribution in [3.05, 3.63) is 0 Å². The molecular weight excluding hydrogens is 246 g/mol. The van der Waals surface area contributed by atoms with Crippen molar-refractivity contribution in [1.29, 1.82) is 0 Å². The van der Waals surface area contributed by atoms with Gasteiger partial charge in [-0.2, -0.15) is 0 Å². The molecular formula is C10H18BrNO2. The van der Waals surface area contributed by atoms with Crippen LogP contribution in [0.25, 0.3) is 0 Å². The number of ether oxygens (including phenoxy) is 1. The van der Waals surface area contributed by atoms with E-state index in [1.165, 1.54) is 12.8 Å². The summed E-state index contributed by atoms with van der Waals surface area (Å²) in [6, 6.07) is 0. The molecule has 4 heteroatoms. The van der Waals surface area contributed by atoms with Crippen LogP contribution in [0.4, 0.5) is 0 Å². The van der Waals surface area contributed by atoms with Gasteiger partial charge >= 0.3 is 0 Å². The van der Waals surface area contributed by atoms with Gasteiger partial charge < -0.3 is 10.1 Å². The number of carbonyl (C=O) groups is 1. The molecule has 14 heavy (non-hydrogen) atoms. The van der Waals surface area contributed by atoms with E-state index in [-0.39, 0.29) is 12.5 Å². The van der Waals surface area contributed by atoms with Crippen LogP contribution in [-0.4, -0.2) is 31.0 Å². The van der Waals surface area contributed by atoms with Crippen LogP contribution < -0.4 is 5.32 Å². The second kappa shape index (κ2) is 5.71. The Hall–Kier alpha value is -0.0900. The van der Waals surface area contributed by atoms with Gasteiger partial charge in [-0.3, -0.25) is 4.79 Å². The van der Waals surface area contributed by atoms with Gasteiger partial charge in [0.2, 0.25) is 5.91 Å². The molecule has 0 bridgehead atoms. The molecule has 1 saturated carbocycles. The van der Waals surface area contributed by atoms with Crippen molar-refractivity contribution < 1.29 is 9.53 Å². The van der Waals surface area contributed by atoms with E-state index in [0.29, 0.717) is 12.0 Å².